The molecule has 0 saturated heterocycles. The largest absolute Gasteiger partial charge is 0.550 e. The molecule has 2 N–H and O–H groups in total. The molecule has 1 fully saturated rings. The van der Waals surface area contributed by atoms with E-state index >= 15 is 0 Å². The van der Waals surface area contributed by atoms with E-state index in [1.54, 1.807) is 35.8 Å². The Morgan fingerprint density at radius 2 is 1.89 bits per heavy atom. The molecule has 2 amide bonds. The fourth-order valence-corrected chi connectivity index (χ4v) is 4.44. The molecule has 138 valence electrons. The Morgan fingerprint density at radius 1 is 1.11 bits per heavy atom. The fraction of sp³-hybridized carbons (Fsp3) is 0.263. The quantitative estimate of drug-likeness (QED) is 0.762. The van der Waals surface area contributed by atoms with Crippen molar-refractivity contribution in [1.29, 1.82) is 0 Å². The van der Waals surface area contributed by atoms with Gasteiger partial charge in [-0.05, 0) is 36.5 Å². The summed E-state index contributed by atoms with van der Waals surface area (Å²) < 4.78 is 0. The number of allylic oxidation sites excluding steroid dienone is 2. The van der Waals surface area contributed by atoms with Gasteiger partial charge in [-0.1, -0.05) is 18.2 Å². The van der Waals surface area contributed by atoms with Crippen molar-refractivity contribution in [2.24, 2.45) is 23.7 Å². The maximum atomic E-state index is 12.7. The van der Waals surface area contributed by atoms with Gasteiger partial charge in [0.15, 0.2) is 5.13 Å². The molecule has 0 unspecified atom stereocenters. The van der Waals surface area contributed by atoms with Crippen molar-refractivity contribution in [2.75, 3.05) is 10.6 Å². The summed E-state index contributed by atoms with van der Waals surface area (Å²) in [4.78, 5) is 40.5. The zero-order chi connectivity index (χ0) is 19.0. The number of hydrogen-bond acceptors (Lipinski definition) is 6. The monoisotopic (exact) mass is 382 g/mol. The number of anilines is 2. The van der Waals surface area contributed by atoms with E-state index in [-0.39, 0.29) is 23.7 Å². The van der Waals surface area contributed by atoms with Crippen molar-refractivity contribution in [3.63, 3.8) is 0 Å². The van der Waals surface area contributed by atoms with Gasteiger partial charge in [0.25, 0.3) is 5.91 Å². The molecule has 1 aromatic carbocycles. The van der Waals surface area contributed by atoms with Crippen molar-refractivity contribution in [1.82, 2.24) is 4.98 Å². The van der Waals surface area contributed by atoms with Crippen LogP contribution in [0.4, 0.5) is 10.8 Å². The van der Waals surface area contributed by atoms with Gasteiger partial charge in [0.1, 0.15) is 0 Å². The molecule has 0 aliphatic heterocycles. The van der Waals surface area contributed by atoms with Crippen molar-refractivity contribution in [3.8, 4) is 0 Å². The van der Waals surface area contributed by atoms with Crippen LogP contribution in [-0.4, -0.2) is 22.8 Å². The Balaban J connectivity index is 1.48. The predicted molar refractivity (Wildman–Crippen MR) is 97.9 cm³/mol. The molecule has 4 atom stereocenters. The Bertz CT molecular complexity index is 925. The molecule has 2 aliphatic rings. The summed E-state index contributed by atoms with van der Waals surface area (Å²) in [6.45, 7) is 0. The third-order valence-corrected chi connectivity index (χ3v) is 5.77. The molecular weight excluding hydrogens is 366 g/mol. The molecule has 7 nitrogen and oxygen atoms in total. The van der Waals surface area contributed by atoms with Crippen LogP contribution in [0.3, 0.4) is 0 Å². The molecule has 2 aromatic rings. The minimum atomic E-state index is -1.19. The van der Waals surface area contributed by atoms with Crippen LogP contribution in [0.5, 0.6) is 0 Å². The highest BCUT2D eigenvalue weighted by Gasteiger charge is 2.48. The number of rotatable bonds is 5. The number of amides is 2. The summed E-state index contributed by atoms with van der Waals surface area (Å²) in [5.74, 6) is -3.59. The Morgan fingerprint density at radius 3 is 2.59 bits per heavy atom. The lowest BCUT2D eigenvalue weighted by Crippen LogP contribution is -2.42. The first-order valence-corrected chi connectivity index (χ1v) is 9.42. The smallest absolute Gasteiger partial charge is 0.257 e. The van der Waals surface area contributed by atoms with Crippen LogP contribution in [0, 0.1) is 23.7 Å². The van der Waals surface area contributed by atoms with Crippen molar-refractivity contribution in [2.45, 2.75) is 6.42 Å². The Kier molecular flexibility index (Phi) is 4.49. The normalized spacial score (nSPS) is 25.3. The summed E-state index contributed by atoms with van der Waals surface area (Å²) in [6, 6.07) is 6.50. The minimum Gasteiger partial charge on any atom is -0.550 e. The molecule has 2 bridgehead atoms. The highest BCUT2D eigenvalue weighted by atomic mass is 32.1. The van der Waals surface area contributed by atoms with E-state index < -0.39 is 17.8 Å². The van der Waals surface area contributed by atoms with Crippen molar-refractivity contribution in [3.05, 3.63) is 53.6 Å². The molecule has 0 radical (unpaired) electrons. The minimum absolute atomic E-state index is 0.0886. The van der Waals surface area contributed by atoms with Crippen molar-refractivity contribution < 1.29 is 19.5 Å². The molecule has 1 aromatic heterocycles. The first-order valence-electron chi connectivity index (χ1n) is 8.54. The number of hydrogen-bond donors (Lipinski definition) is 2. The number of aromatic nitrogens is 1. The number of nitrogens with zero attached hydrogens (tertiary/aromatic N) is 1. The third-order valence-electron chi connectivity index (χ3n) is 5.08. The molecule has 0 spiro atoms. The predicted octanol–water partition coefficient (Wildman–Crippen LogP) is 1.52. The second-order valence-corrected chi connectivity index (χ2v) is 7.57. The number of carbonyl (C=O) groups excluding carboxylic acids is 3. The first kappa shape index (κ1) is 17.4. The highest BCUT2D eigenvalue weighted by Crippen LogP contribution is 2.48. The average molecular weight is 382 g/mol. The van der Waals surface area contributed by atoms with E-state index in [0.717, 1.165) is 0 Å². The molecule has 8 heteroatoms. The summed E-state index contributed by atoms with van der Waals surface area (Å²) in [5, 5.41) is 19.1. The lowest BCUT2D eigenvalue weighted by molar-refractivity contribution is -0.313. The number of fused-ring (bicyclic) bond motifs is 2. The van der Waals surface area contributed by atoms with Crippen LogP contribution in [-0.2, 0) is 9.59 Å². The van der Waals surface area contributed by atoms with E-state index in [1.165, 1.54) is 11.3 Å². The molecule has 2 aliphatic carbocycles. The third kappa shape index (κ3) is 3.35. The molecular formula is C19H16N3O4S-. The van der Waals surface area contributed by atoms with Gasteiger partial charge in [0, 0.05) is 34.7 Å². The number of aliphatic carboxylic acids is 1. The molecule has 27 heavy (non-hydrogen) atoms. The summed E-state index contributed by atoms with van der Waals surface area (Å²) in [5.41, 5.74) is 0.808. The van der Waals surface area contributed by atoms with Gasteiger partial charge >= 0.3 is 0 Å². The molecule has 1 heterocycles. The fourth-order valence-electron chi connectivity index (χ4n) is 3.92. The first-order chi connectivity index (χ1) is 13.0. The van der Waals surface area contributed by atoms with Gasteiger partial charge in [0.05, 0.1) is 5.92 Å². The standard InChI is InChI=1S/C19H17N3O4S/c23-16(22-19-20-6-7-27-19)12-2-1-3-13(9-12)21-17(24)14-10-4-5-11(8-10)15(14)18(25)26/h1-7,9-11,14-15H,8H2,(H,21,24)(H,25,26)(H,20,22,23)/p-1/t10-,11+,14+,15+/m1/s1. The lowest BCUT2D eigenvalue weighted by atomic mass is 9.82. The van der Waals surface area contributed by atoms with Crippen molar-refractivity contribution >= 4 is 39.9 Å². The Hall–Kier alpha value is -3.00. The van der Waals surface area contributed by atoms with E-state index in [2.05, 4.69) is 15.6 Å². The topological polar surface area (TPSA) is 111 Å². The zero-order valence-electron chi connectivity index (χ0n) is 14.1. The maximum Gasteiger partial charge on any atom is 0.257 e. The van der Waals surface area contributed by atoms with Crippen LogP contribution in [0.15, 0.2) is 48.0 Å². The average Bonchev–Trinajstić information content (AvgIpc) is 3.38. The number of carboxylic acids is 1. The number of nitrogens with one attached hydrogen (secondary N) is 2. The van der Waals surface area contributed by atoms with E-state index in [1.807, 2.05) is 12.2 Å². The van der Waals surface area contributed by atoms with Crippen LogP contribution in [0.1, 0.15) is 16.8 Å². The van der Waals surface area contributed by atoms with E-state index in [9.17, 15) is 19.5 Å². The Labute approximate surface area is 159 Å². The lowest BCUT2D eigenvalue weighted by Gasteiger charge is -2.27. The van der Waals surface area contributed by atoms with E-state index in [4.69, 9.17) is 0 Å². The van der Waals surface area contributed by atoms with Crippen LogP contribution >= 0.6 is 11.3 Å². The van der Waals surface area contributed by atoms with Gasteiger partial charge in [0.2, 0.25) is 5.91 Å². The summed E-state index contributed by atoms with van der Waals surface area (Å²) >= 11 is 1.31. The van der Waals surface area contributed by atoms with Crippen LogP contribution < -0.4 is 15.7 Å². The van der Waals surface area contributed by atoms with Gasteiger partial charge in [-0.3, -0.25) is 14.9 Å². The van der Waals surface area contributed by atoms with Crippen LogP contribution in [0.2, 0.25) is 0 Å². The molecule has 4 rings (SSSR count). The van der Waals surface area contributed by atoms with Gasteiger partial charge < -0.3 is 15.2 Å². The zero-order valence-corrected chi connectivity index (χ0v) is 14.9. The second-order valence-electron chi connectivity index (χ2n) is 6.68. The highest BCUT2D eigenvalue weighted by molar-refractivity contribution is 7.13. The van der Waals surface area contributed by atoms with Crippen LogP contribution in [0.25, 0.3) is 0 Å². The van der Waals surface area contributed by atoms with Gasteiger partial charge in [-0.15, -0.1) is 11.3 Å². The van der Waals surface area contributed by atoms with Gasteiger partial charge in [-0.2, -0.15) is 0 Å². The number of benzene rings is 1. The summed E-state index contributed by atoms with van der Waals surface area (Å²) in [7, 11) is 0. The SMILES string of the molecule is O=C(Nc1nccs1)c1cccc(NC(=O)[C@@H]2[C@@H](C(=O)[O-])[C@H]3C=C[C@@H]2C3)c1. The van der Waals surface area contributed by atoms with E-state index in [0.29, 0.717) is 22.8 Å². The number of carboxylic acid groups (broad SMARTS) is 1. The van der Waals surface area contributed by atoms with Gasteiger partial charge in [-0.25, -0.2) is 4.98 Å². The number of carbonyl (C=O) groups is 3. The second kappa shape index (κ2) is 6.96. The molecule has 1 saturated carbocycles. The maximum absolute atomic E-state index is 12.7. The number of thiazole rings is 1. The summed E-state index contributed by atoms with van der Waals surface area (Å²) in [6.07, 6.45) is 6.02.